The quantitative estimate of drug-likeness (QED) is 0.460. The zero-order chi connectivity index (χ0) is 16.3. The highest BCUT2D eigenvalue weighted by atomic mass is 35.5. The van der Waals surface area contributed by atoms with Crippen molar-refractivity contribution in [2.75, 3.05) is 19.8 Å². The van der Waals surface area contributed by atoms with E-state index in [0.717, 1.165) is 0 Å². The average Bonchev–Trinajstić information content (AvgIpc) is 2.52. The Morgan fingerprint density at radius 3 is 2.23 bits per heavy atom. The molecule has 124 valence electrons. The summed E-state index contributed by atoms with van der Waals surface area (Å²) < 4.78 is 5.48. The van der Waals surface area contributed by atoms with Gasteiger partial charge < -0.3 is 30.3 Å². The molecule has 0 aliphatic carbocycles. The van der Waals surface area contributed by atoms with Gasteiger partial charge in [0, 0.05) is 11.6 Å². The lowest BCUT2D eigenvalue weighted by molar-refractivity contribution is -0.223. The van der Waals surface area contributed by atoms with Crippen LogP contribution in [-0.4, -0.2) is 80.8 Å². The van der Waals surface area contributed by atoms with Gasteiger partial charge in [0.2, 0.25) is 0 Å². The van der Waals surface area contributed by atoms with Crippen LogP contribution in [0.2, 0.25) is 5.02 Å². The topological polar surface area (TPSA) is 114 Å². The molecule has 0 radical (unpaired) electrons. The van der Waals surface area contributed by atoms with Crippen LogP contribution in [0, 0.1) is 0 Å². The van der Waals surface area contributed by atoms with Gasteiger partial charge >= 0.3 is 0 Å². The molecule has 5 atom stereocenters. The van der Waals surface area contributed by atoms with Crippen molar-refractivity contribution < 1.29 is 30.3 Å². The Hall–Kier alpha value is -0.930. The van der Waals surface area contributed by atoms with Crippen molar-refractivity contribution in [2.24, 2.45) is 0 Å². The van der Waals surface area contributed by atoms with Gasteiger partial charge in [-0.2, -0.15) is 0 Å². The largest absolute Gasteiger partial charge is 0.492 e. The van der Waals surface area contributed by atoms with Crippen molar-refractivity contribution >= 4 is 11.6 Å². The average molecular weight is 334 g/mol. The van der Waals surface area contributed by atoms with Crippen LogP contribution in [0.1, 0.15) is 0 Å². The first kappa shape index (κ1) is 17.4. The maximum absolute atomic E-state index is 9.98. The normalized spacial score (nSPS) is 32.9. The van der Waals surface area contributed by atoms with Crippen molar-refractivity contribution in [1.82, 2.24) is 4.90 Å². The molecule has 1 unspecified atom stereocenters. The number of aliphatic hydroxyl groups is 5. The summed E-state index contributed by atoms with van der Waals surface area (Å²) in [6.45, 7) is -0.163. The second kappa shape index (κ2) is 7.56. The summed E-state index contributed by atoms with van der Waals surface area (Å²) in [4.78, 5) is 1.30. The van der Waals surface area contributed by atoms with Crippen LogP contribution in [-0.2, 0) is 0 Å². The molecule has 2 rings (SSSR count). The van der Waals surface area contributed by atoms with Crippen LogP contribution in [0.25, 0.3) is 0 Å². The highest BCUT2D eigenvalue weighted by molar-refractivity contribution is 6.30. The molecule has 1 fully saturated rings. The standard InChI is InChI=1S/C14H20ClNO6/c15-8-1-3-9(4-2-8)22-6-5-16-10(7-17)11(18)12(19)13(20)14(16)21/h1-4,10-14,17-21H,5-7H2/t10-,11-,12+,13-,14?/m1/s1. The molecule has 22 heavy (non-hydrogen) atoms. The van der Waals surface area contributed by atoms with Crippen molar-refractivity contribution in [3.05, 3.63) is 29.3 Å². The van der Waals surface area contributed by atoms with Crippen molar-refractivity contribution in [3.8, 4) is 5.75 Å². The van der Waals surface area contributed by atoms with Gasteiger partial charge in [0.05, 0.1) is 12.6 Å². The molecule has 1 saturated heterocycles. The first-order valence-corrected chi connectivity index (χ1v) is 7.30. The Kier molecular flexibility index (Phi) is 5.99. The summed E-state index contributed by atoms with van der Waals surface area (Å²) in [5.74, 6) is 0.581. The number of hydrogen-bond acceptors (Lipinski definition) is 7. The van der Waals surface area contributed by atoms with E-state index in [-0.39, 0.29) is 13.2 Å². The maximum Gasteiger partial charge on any atom is 0.136 e. The zero-order valence-corrected chi connectivity index (χ0v) is 12.5. The van der Waals surface area contributed by atoms with Gasteiger partial charge in [0.1, 0.15) is 36.9 Å². The Morgan fingerprint density at radius 2 is 1.64 bits per heavy atom. The number of piperidine rings is 1. The minimum absolute atomic E-state index is 0.149. The molecule has 0 aromatic heterocycles. The molecule has 0 spiro atoms. The van der Waals surface area contributed by atoms with Crippen LogP contribution in [0.3, 0.4) is 0 Å². The summed E-state index contributed by atoms with van der Waals surface area (Å²) in [6.07, 6.45) is -5.79. The lowest BCUT2D eigenvalue weighted by Crippen LogP contribution is -2.67. The summed E-state index contributed by atoms with van der Waals surface area (Å²) in [7, 11) is 0. The highest BCUT2D eigenvalue weighted by Crippen LogP contribution is 2.23. The second-order valence-electron chi connectivity index (χ2n) is 5.18. The molecule has 0 bridgehead atoms. The van der Waals surface area contributed by atoms with E-state index in [9.17, 15) is 25.5 Å². The van der Waals surface area contributed by atoms with Gasteiger partial charge in [0.25, 0.3) is 0 Å². The van der Waals surface area contributed by atoms with Crippen LogP contribution in [0.4, 0.5) is 0 Å². The van der Waals surface area contributed by atoms with E-state index in [1.165, 1.54) is 4.90 Å². The Bertz CT molecular complexity index is 473. The summed E-state index contributed by atoms with van der Waals surface area (Å²) in [5.41, 5.74) is 0. The van der Waals surface area contributed by atoms with Gasteiger partial charge in [-0.3, -0.25) is 4.90 Å². The molecule has 8 heteroatoms. The number of ether oxygens (including phenoxy) is 1. The van der Waals surface area contributed by atoms with Crippen LogP contribution in [0.15, 0.2) is 24.3 Å². The minimum Gasteiger partial charge on any atom is -0.492 e. The summed E-state index contributed by atoms with van der Waals surface area (Å²) in [6, 6.07) is 5.83. The molecule has 5 N–H and O–H groups in total. The molecule has 1 heterocycles. The van der Waals surface area contributed by atoms with E-state index in [1.807, 2.05) is 0 Å². The number of rotatable bonds is 5. The van der Waals surface area contributed by atoms with E-state index in [4.69, 9.17) is 16.3 Å². The number of likely N-dealkylation sites (tertiary alicyclic amines) is 1. The van der Waals surface area contributed by atoms with Gasteiger partial charge in [0.15, 0.2) is 0 Å². The Labute approximate surface area is 132 Å². The molecule has 1 aromatic carbocycles. The van der Waals surface area contributed by atoms with Gasteiger partial charge in [-0.15, -0.1) is 0 Å². The van der Waals surface area contributed by atoms with E-state index in [2.05, 4.69) is 0 Å². The first-order chi connectivity index (χ1) is 10.5. The SMILES string of the molecule is OC[C@@H]1[C@@H](O)[C@H](O)[C@@H](O)C(O)N1CCOc1ccc(Cl)cc1. The highest BCUT2D eigenvalue weighted by Gasteiger charge is 2.46. The molecule has 0 saturated carbocycles. The molecule has 1 aliphatic rings. The fourth-order valence-electron chi connectivity index (χ4n) is 2.51. The molecule has 1 aliphatic heterocycles. The smallest absolute Gasteiger partial charge is 0.136 e. The van der Waals surface area contributed by atoms with Crippen LogP contribution in [0.5, 0.6) is 5.75 Å². The molecule has 0 amide bonds. The van der Waals surface area contributed by atoms with Gasteiger partial charge in [-0.05, 0) is 24.3 Å². The number of aliphatic hydroxyl groups excluding tert-OH is 5. The number of halogens is 1. The third-order valence-electron chi connectivity index (χ3n) is 3.78. The predicted molar refractivity (Wildman–Crippen MR) is 78.6 cm³/mol. The van der Waals surface area contributed by atoms with Crippen LogP contribution < -0.4 is 4.74 Å². The Balaban J connectivity index is 1.95. The monoisotopic (exact) mass is 333 g/mol. The zero-order valence-electron chi connectivity index (χ0n) is 11.8. The third kappa shape index (κ3) is 3.69. The fourth-order valence-corrected chi connectivity index (χ4v) is 2.63. The van der Waals surface area contributed by atoms with E-state index in [0.29, 0.717) is 10.8 Å². The van der Waals surface area contributed by atoms with E-state index >= 15 is 0 Å². The number of hydrogen-bond donors (Lipinski definition) is 5. The van der Waals surface area contributed by atoms with Gasteiger partial charge in [-0.1, -0.05) is 11.6 Å². The molecular formula is C14H20ClNO6. The summed E-state index contributed by atoms with van der Waals surface area (Å²) >= 11 is 5.77. The third-order valence-corrected chi connectivity index (χ3v) is 4.04. The van der Waals surface area contributed by atoms with Gasteiger partial charge in [-0.25, -0.2) is 0 Å². The minimum atomic E-state index is -1.52. The van der Waals surface area contributed by atoms with Crippen molar-refractivity contribution in [2.45, 2.75) is 30.6 Å². The summed E-state index contributed by atoms with van der Waals surface area (Å²) in [5, 5.41) is 49.1. The second-order valence-corrected chi connectivity index (χ2v) is 5.61. The lowest BCUT2D eigenvalue weighted by Gasteiger charge is -2.46. The van der Waals surface area contributed by atoms with Crippen molar-refractivity contribution in [1.29, 1.82) is 0 Å². The Morgan fingerprint density at radius 1 is 1.00 bits per heavy atom. The maximum atomic E-state index is 9.98. The predicted octanol–water partition coefficient (Wildman–Crippen LogP) is -1.20. The van der Waals surface area contributed by atoms with Crippen LogP contribution >= 0.6 is 11.6 Å². The molecular weight excluding hydrogens is 314 g/mol. The van der Waals surface area contributed by atoms with E-state index < -0.39 is 37.2 Å². The molecule has 1 aromatic rings. The fraction of sp³-hybridized carbons (Fsp3) is 0.571. The molecule has 7 nitrogen and oxygen atoms in total. The van der Waals surface area contributed by atoms with Crippen molar-refractivity contribution in [3.63, 3.8) is 0 Å². The first-order valence-electron chi connectivity index (χ1n) is 6.93. The van der Waals surface area contributed by atoms with E-state index in [1.54, 1.807) is 24.3 Å². The number of nitrogens with zero attached hydrogens (tertiary/aromatic N) is 1. The number of benzene rings is 1. The lowest BCUT2D eigenvalue weighted by atomic mass is 9.93.